The van der Waals surface area contributed by atoms with Crippen molar-refractivity contribution >= 4 is 11.6 Å². The van der Waals surface area contributed by atoms with Crippen LogP contribution >= 0.6 is 11.6 Å². The third kappa shape index (κ3) is 4.16. The molecule has 0 aliphatic heterocycles. The van der Waals surface area contributed by atoms with Gasteiger partial charge in [0.2, 0.25) is 0 Å². The maximum absolute atomic E-state index is 11.6. The van der Waals surface area contributed by atoms with Crippen molar-refractivity contribution < 1.29 is 13.2 Å². The van der Waals surface area contributed by atoms with Crippen LogP contribution in [-0.4, -0.2) is 24.6 Å². The maximum atomic E-state index is 11.6. The molecular weight excluding hydrogens is 191 g/mol. The Hall–Kier alpha value is 0.0400. The van der Waals surface area contributed by atoms with E-state index in [2.05, 4.69) is 5.32 Å². The second-order valence-corrected chi connectivity index (χ2v) is 3.66. The Kier molecular flexibility index (Phi) is 3.23. The second kappa shape index (κ2) is 3.83. The quantitative estimate of drug-likeness (QED) is 0.688. The molecule has 5 heteroatoms. The van der Waals surface area contributed by atoms with Crippen molar-refractivity contribution in [1.29, 1.82) is 0 Å². The zero-order valence-electron chi connectivity index (χ0n) is 6.49. The molecular formula is C7H11ClF3N. The molecule has 0 radical (unpaired) electrons. The molecule has 1 N–H and O–H groups in total. The van der Waals surface area contributed by atoms with Crippen LogP contribution in [0.5, 0.6) is 0 Å². The molecule has 72 valence electrons. The average Bonchev–Trinajstić information content (AvgIpc) is 2.64. The fraction of sp³-hybridized carbons (Fsp3) is 1.00. The lowest BCUT2D eigenvalue weighted by Gasteiger charge is -2.11. The molecule has 0 bridgehead atoms. The van der Waals surface area contributed by atoms with Crippen molar-refractivity contribution in [3.8, 4) is 0 Å². The Morgan fingerprint density at radius 2 is 2.00 bits per heavy atom. The van der Waals surface area contributed by atoms with Crippen molar-refractivity contribution in [3.63, 3.8) is 0 Å². The highest BCUT2D eigenvalue weighted by atomic mass is 35.5. The lowest BCUT2D eigenvalue weighted by atomic mass is 10.3. The Morgan fingerprint density at radius 1 is 1.42 bits per heavy atom. The van der Waals surface area contributed by atoms with Crippen LogP contribution in [-0.2, 0) is 0 Å². The summed E-state index contributed by atoms with van der Waals surface area (Å²) in [6, 6.07) is 0. The van der Waals surface area contributed by atoms with Crippen LogP contribution in [0.15, 0.2) is 0 Å². The SMILES string of the molecule is FC(F)(F)CNCC(Cl)C1CC1. The summed E-state index contributed by atoms with van der Waals surface area (Å²) in [6.07, 6.45) is -2.01. The Bertz CT molecular complexity index is 144. The van der Waals surface area contributed by atoms with Gasteiger partial charge in [-0.1, -0.05) is 0 Å². The second-order valence-electron chi connectivity index (χ2n) is 3.10. The van der Waals surface area contributed by atoms with Crippen molar-refractivity contribution in [2.24, 2.45) is 5.92 Å². The first-order valence-electron chi connectivity index (χ1n) is 3.90. The lowest BCUT2D eigenvalue weighted by molar-refractivity contribution is -0.124. The van der Waals surface area contributed by atoms with E-state index in [-0.39, 0.29) is 11.9 Å². The Labute approximate surface area is 74.3 Å². The topological polar surface area (TPSA) is 12.0 Å². The molecule has 12 heavy (non-hydrogen) atoms. The first kappa shape index (κ1) is 10.1. The van der Waals surface area contributed by atoms with E-state index in [1.807, 2.05) is 0 Å². The summed E-state index contributed by atoms with van der Waals surface area (Å²) >= 11 is 5.78. The highest BCUT2D eigenvalue weighted by Gasteiger charge is 2.31. The largest absolute Gasteiger partial charge is 0.401 e. The van der Waals surface area contributed by atoms with E-state index in [4.69, 9.17) is 11.6 Å². The maximum Gasteiger partial charge on any atom is 0.401 e. The summed E-state index contributed by atoms with van der Waals surface area (Å²) < 4.78 is 34.9. The van der Waals surface area contributed by atoms with Gasteiger partial charge in [0.1, 0.15) is 0 Å². The first-order valence-corrected chi connectivity index (χ1v) is 4.34. The number of rotatable bonds is 4. The van der Waals surface area contributed by atoms with Gasteiger partial charge in [0.25, 0.3) is 0 Å². The fourth-order valence-corrected chi connectivity index (χ4v) is 1.34. The third-order valence-electron chi connectivity index (χ3n) is 1.80. The smallest absolute Gasteiger partial charge is 0.307 e. The normalized spacial score (nSPS) is 21.0. The Balaban J connectivity index is 2.01. The van der Waals surface area contributed by atoms with Crippen molar-refractivity contribution in [2.75, 3.05) is 13.1 Å². The van der Waals surface area contributed by atoms with Gasteiger partial charge in [-0.15, -0.1) is 11.6 Å². The van der Waals surface area contributed by atoms with Crippen molar-refractivity contribution in [1.82, 2.24) is 5.32 Å². The van der Waals surface area contributed by atoms with E-state index in [1.54, 1.807) is 0 Å². The van der Waals surface area contributed by atoms with Gasteiger partial charge < -0.3 is 5.32 Å². The van der Waals surface area contributed by atoms with E-state index in [0.29, 0.717) is 5.92 Å². The molecule has 1 rings (SSSR count). The average molecular weight is 202 g/mol. The van der Waals surface area contributed by atoms with Gasteiger partial charge in [0.05, 0.1) is 6.54 Å². The van der Waals surface area contributed by atoms with Crippen LogP contribution in [0.4, 0.5) is 13.2 Å². The molecule has 1 unspecified atom stereocenters. The predicted molar refractivity (Wildman–Crippen MR) is 41.3 cm³/mol. The standard InChI is InChI=1S/C7H11ClF3N/c8-6(5-1-2-5)3-12-4-7(9,10)11/h5-6,12H,1-4H2. The molecule has 1 aliphatic rings. The summed E-state index contributed by atoms with van der Waals surface area (Å²) in [4.78, 5) is 0. The third-order valence-corrected chi connectivity index (χ3v) is 2.31. The zero-order valence-corrected chi connectivity index (χ0v) is 7.25. The molecule has 1 aliphatic carbocycles. The number of nitrogens with one attached hydrogen (secondary N) is 1. The van der Waals surface area contributed by atoms with Crippen LogP contribution < -0.4 is 5.32 Å². The molecule has 1 nitrogen and oxygen atoms in total. The molecule has 0 amide bonds. The number of alkyl halides is 4. The fourth-order valence-electron chi connectivity index (χ4n) is 0.976. The lowest BCUT2D eigenvalue weighted by Crippen LogP contribution is -2.33. The highest BCUT2D eigenvalue weighted by Crippen LogP contribution is 2.35. The highest BCUT2D eigenvalue weighted by molar-refractivity contribution is 6.21. The van der Waals surface area contributed by atoms with Gasteiger partial charge in [-0.3, -0.25) is 0 Å². The molecule has 0 aromatic carbocycles. The number of hydrogen-bond acceptors (Lipinski definition) is 1. The van der Waals surface area contributed by atoms with E-state index in [9.17, 15) is 13.2 Å². The minimum atomic E-state index is -4.12. The molecule has 0 saturated heterocycles. The minimum absolute atomic E-state index is 0.132. The van der Waals surface area contributed by atoms with E-state index >= 15 is 0 Å². The molecule has 0 spiro atoms. The predicted octanol–water partition coefficient (Wildman–Crippen LogP) is 2.16. The summed E-state index contributed by atoms with van der Waals surface area (Å²) in [7, 11) is 0. The van der Waals surface area contributed by atoms with Gasteiger partial charge in [-0.05, 0) is 18.8 Å². The van der Waals surface area contributed by atoms with Crippen LogP contribution in [0, 0.1) is 5.92 Å². The number of hydrogen-bond donors (Lipinski definition) is 1. The summed E-state index contributed by atoms with van der Waals surface area (Å²) in [6.45, 7) is -0.686. The summed E-state index contributed by atoms with van der Waals surface area (Å²) in [5.41, 5.74) is 0. The van der Waals surface area contributed by atoms with Crippen LogP contribution in [0.1, 0.15) is 12.8 Å². The van der Waals surface area contributed by atoms with Gasteiger partial charge in [-0.25, -0.2) is 0 Å². The first-order chi connectivity index (χ1) is 5.49. The van der Waals surface area contributed by atoms with Crippen LogP contribution in [0.2, 0.25) is 0 Å². The Morgan fingerprint density at radius 3 is 2.42 bits per heavy atom. The molecule has 0 heterocycles. The van der Waals surface area contributed by atoms with Gasteiger partial charge in [-0.2, -0.15) is 13.2 Å². The molecule has 1 saturated carbocycles. The molecule has 1 atom stereocenters. The van der Waals surface area contributed by atoms with Gasteiger partial charge in [0, 0.05) is 11.9 Å². The molecule has 0 aromatic heterocycles. The van der Waals surface area contributed by atoms with Crippen LogP contribution in [0.3, 0.4) is 0 Å². The van der Waals surface area contributed by atoms with E-state index in [0.717, 1.165) is 12.8 Å². The van der Waals surface area contributed by atoms with E-state index in [1.165, 1.54) is 0 Å². The molecule has 1 fully saturated rings. The minimum Gasteiger partial charge on any atom is -0.307 e. The van der Waals surface area contributed by atoms with Gasteiger partial charge in [0.15, 0.2) is 0 Å². The summed E-state index contributed by atoms with van der Waals surface area (Å²) in [5.74, 6) is 0.437. The van der Waals surface area contributed by atoms with Crippen molar-refractivity contribution in [2.45, 2.75) is 24.4 Å². The van der Waals surface area contributed by atoms with Crippen molar-refractivity contribution in [3.05, 3.63) is 0 Å². The monoisotopic (exact) mass is 201 g/mol. The van der Waals surface area contributed by atoms with E-state index < -0.39 is 12.7 Å². The summed E-state index contributed by atoms with van der Waals surface area (Å²) in [5, 5.41) is 2.16. The number of halogens is 4. The molecule has 0 aromatic rings. The van der Waals surface area contributed by atoms with Gasteiger partial charge >= 0.3 is 6.18 Å². The zero-order chi connectivity index (χ0) is 9.19. The van der Waals surface area contributed by atoms with Crippen LogP contribution in [0.25, 0.3) is 0 Å².